The zero-order chi connectivity index (χ0) is 26.1. The largest absolute Gasteiger partial charge is 0.466 e. The maximum absolute atomic E-state index is 13.7. The fourth-order valence-corrected chi connectivity index (χ4v) is 5.70. The summed E-state index contributed by atoms with van der Waals surface area (Å²) in [5.41, 5.74) is 0.988. The second kappa shape index (κ2) is 10.4. The van der Waals surface area contributed by atoms with Gasteiger partial charge in [0.15, 0.2) is 0 Å². The van der Waals surface area contributed by atoms with E-state index in [0.717, 1.165) is 17.3 Å². The highest BCUT2D eigenvalue weighted by Crippen LogP contribution is 2.35. The Balaban J connectivity index is 1.90. The average molecular weight is 530 g/mol. The van der Waals surface area contributed by atoms with Gasteiger partial charge < -0.3 is 15.0 Å². The molecule has 2 saturated heterocycles. The number of rotatable bonds is 6. The number of thioether (sulfide) groups is 1. The number of pyridine rings is 1. The number of aromatic nitrogens is 2. The van der Waals surface area contributed by atoms with Crippen molar-refractivity contribution in [3.63, 3.8) is 0 Å². The van der Waals surface area contributed by atoms with Crippen LogP contribution < -0.4 is 15.8 Å². The first kappa shape index (κ1) is 25.8. The fourth-order valence-electron chi connectivity index (χ4n) is 4.20. The number of hydrogen-bond acceptors (Lipinski definition) is 9. The summed E-state index contributed by atoms with van der Waals surface area (Å²) in [7, 11) is 0. The number of hydrogen-bond donors (Lipinski definition) is 1. The van der Waals surface area contributed by atoms with E-state index in [1.54, 1.807) is 24.1 Å². The molecule has 2 aliphatic heterocycles. The molecule has 1 N–H and O–H groups in total. The number of esters is 1. The van der Waals surface area contributed by atoms with Gasteiger partial charge in [-0.25, -0.2) is 4.98 Å². The van der Waals surface area contributed by atoms with Crippen molar-refractivity contribution in [3.05, 3.63) is 44.7 Å². The average Bonchev–Trinajstić information content (AvgIpc) is 3.10. The van der Waals surface area contributed by atoms with Crippen LogP contribution in [0.2, 0.25) is 0 Å². The number of thiocarbonyl (C=S) groups is 1. The van der Waals surface area contributed by atoms with Crippen LogP contribution in [0.3, 0.4) is 0 Å². The van der Waals surface area contributed by atoms with Crippen LogP contribution in [-0.4, -0.2) is 68.2 Å². The number of aryl methyl sites for hydroxylation is 1. The molecule has 0 spiro atoms. The number of piperazine rings is 1. The Hall–Kier alpha value is -3.25. The lowest BCUT2D eigenvalue weighted by atomic mass is 10.1. The quantitative estimate of drug-likeness (QED) is 0.340. The Bertz CT molecular complexity index is 1350. The Kier molecular flexibility index (Phi) is 7.46. The molecule has 2 amide bonds. The minimum atomic E-state index is -0.921. The number of amides is 2. The maximum Gasteiger partial charge on any atom is 0.308 e. The molecule has 10 nitrogen and oxygen atoms in total. The summed E-state index contributed by atoms with van der Waals surface area (Å²) < 4.78 is 6.89. The van der Waals surface area contributed by atoms with Crippen LogP contribution in [-0.2, 0) is 19.1 Å². The Labute approximate surface area is 217 Å². The van der Waals surface area contributed by atoms with E-state index in [1.807, 2.05) is 26.8 Å². The van der Waals surface area contributed by atoms with Gasteiger partial charge in [-0.2, -0.15) is 0 Å². The lowest BCUT2D eigenvalue weighted by Gasteiger charge is -2.36. The molecule has 12 heteroatoms. The van der Waals surface area contributed by atoms with Gasteiger partial charge in [0.05, 0.1) is 23.5 Å². The number of anilines is 1. The predicted molar refractivity (Wildman–Crippen MR) is 142 cm³/mol. The summed E-state index contributed by atoms with van der Waals surface area (Å²) >= 11 is 6.51. The van der Waals surface area contributed by atoms with Gasteiger partial charge in [-0.1, -0.05) is 30.0 Å². The van der Waals surface area contributed by atoms with Crippen molar-refractivity contribution in [1.29, 1.82) is 0 Å². The fraction of sp³-hybridized carbons (Fsp3) is 0.417. The van der Waals surface area contributed by atoms with Crippen molar-refractivity contribution >= 4 is 63.6 Å². The molecule has 2 aliphatic rings. The van der Waals surface area contributed by atoms with Crippen LogP contribution in [0.4, 0.5) is 5.82 Å². The van der Waals surface area contributed by atoms with Crippen molar-refractivity contribution in [1.82, 2.24) is 19.6 Å². The molecule has 2 aromatic rings. The zero-order valence-electron chi connectivity index (χ0n) is 20.4. The first-order valence-corrected chi connectivity index (χ1v) is 12.8. The first-order valence-electron chi connectivity index (χ1n) is 11.6. The van der Waals surface area contributed by atoms with Gasteiger partial charge >= 0.3 is 5.97 Å². The maximum atomic E-state index is 13.7. The highest BCUT2D eigenvalue weighted by Gasteiger charge is 2.37. The van der Waals surface area contributed by atoms with Crippen molar-refractivity contribution in [2.75, 3.05) is 24.6 Å². The molecule has 1 atom stereocenters. The van der Waals surface area contributed by atoms with Crippen LogP contribution in [0.15, 0.2) is 28.0 Å². The van der Waals surface area contributed by atoms with Crippen molar-refractivity contribution in [3.8, 4) is 0 Å². The summed E-state index contributed by atoms with van der Waals surface area (Å²) in [5, 5.41) is 2.77. The summed E-state index contributed by atoms with van der Waals surface area (Å²) in [4.78, 5) is 60.1. The number of nitrogens with zero attached hydrogens (tertiary/aromatic N) is 4. The van der Waals surface area contributed by atoms with Gasteiger partial charge in [0.25, 0.3) is 11.5 Å². The Morgan fingerprint density at radius 3 is 2.75 bits per heavy atom. The predicted octanol–water partition coefficient (Wildman–Crippen LogP) is 1.87. The second-order valence-electron chi connectivity index (χ2n) is 8.74. The van der Waals surface area contributed by atoms with E-state index in [2.05, 4.69) is 5.32 Å². The smallest absolute Gasteiger partial charge is 0.308 e. The topological polar surface area (TPSA) is 113 Å². The molecular weight excluding hydrogens is 502 g/mol. The molecule has 190 valence electrons. The van der Waals surface area contributed by atoms with Crippen molar-refractivity contribution in [2.45, 2.75) is 46.2 Å². The van der Waals surface area contributed by atoms with Crippen LogP contribution >= 0.6 is 24.0 Å². The summed E-state index contributed by atoms with van der Waals surface area (Å²) in [6.07, 6.45) is 2.96. The molecule has 36 heavy (non-hydrogen) atoms. The summed E-state index contributed by atoms with van der Waals surface area (Å²) in [6.45, 7) is 8.08. The zero-order valence-corrected chi connectivity index (χ0v) is 22.1. The highest BCUT2D eigenvalue weighted by atomic mass is 32.2. The van der Waals surface area contributed by atoms with Crippen LogP contribution in [0, 0.1) is 6.92 Å². The minimum absolute atomic E-state index is 0.138. The molecule has 0 bridgehead atoms. The third-order valence-electron chi connectivity index (χ3n) is 5.87. The van der Waals surface area contributed by atoms with Crippen molar-refractivity contribution < 1.29 is 19.1 Å². The normalized spacial score (nSPS) is 19.5. The van der Waals surface area contributed by atoms with Crippen molar-refractivity contribution in [2.24, 2.45) is 0 Å². The van der Waals surface area contributed by atoms with Crippen LogP contribution in [0.25, 0.3) is 11.7 Å². The number of carbonyl (C=O) groups is 3. The standard InChI is InChI=1S/C24H27N5O5S2/c1-5-34-19(30)11-16-21(31)25-8-9-27(16)20-15(10-17-23(33)29(13(2)3)24(35)36-17)22(32)28-12-14(4)6-7-18(28)26-20/h6-7,10,12-13,16H,5,8-9,11H2,1-4H3,(H,25,31). The van der Waals surface area contributed by atoms with E-state index in [0.29, 0.717) is 28.0 Å². The third-order valence-corrected chi connectivity index (χ3v) is 7.20. The van der Waals surface area contributed by atoms with E-state index in [9.17, 15) is 19.2 Å². The van der Waals surface area contributed by atoms with E-state index in [4.69, 9.17) is 21.9 Å². The lowest BCUT2D eigenvalue weighted by Crippen LogP contribution is -2.57. The second-order valence-corrected chi connectivity index (χ2v) is 10.4. The number of fused-ring (bicyclic) bond motifs is 1. The molecule has 1 unspecified atom stereocenters. The monoisotopic (exact) mass is 529 g/mol. The molecule has 0 aromatic carbocycles. The number of nitrogens with one attached hydrogen (secondary N) is 1. The molecule has 0 saturated carbocycles. The lowest BCUT2D eigenvalue weighted by molar-refractivity contribution is -0.145. The van der Waals surface area contributed by atoms with Gasteiger partial charge in [-0.3, -0.25) is 28.5 Å². The number of ether oxygens (including phenoxy) is 1. The molecule has 2 aromatic heterocycles. The first-order chi connectivity index (χ1) is 17.1. The van der Waals surface area contributed by atoms with Gasteiger partial charge in [0, 0.05) is 25.3 Å². The molecule has 4 heterocycles. The van der Waals surface area contributed by atoms with Crippen LogP contribution in [0.1, 0.15) is 38.3 Å². The van der Waals surface area contributed by atoms with E-state index >= 15 is 0 Å². The van der Waals surface area contributed by atoms with E-state index in [1.165, 1.54) is 15.4 Å². The molecular formula is C24H27N5O5S2. The summed E-state index contributed by atoms with van der Waals surface area (Å²) in [6, 6.07) is 2.49. The van der Waals surface area contributed by atoms with Gasteiger partial charge in [0.2, 0.25) is 5.91 Å². The minimum Gasteiger partial charge on any atom is -0.466 e. The molecule has 4 rings (SSSR count). The molecule has 0 aliphatic carbocycles. The SMILES string of the molecule is CCOC(=O)CC1C(=O)NCCN1c1nc2ccc(C)cn2c(=O)c1C=C1SC(=S)N(C(C)C)C1=O. The number of carbonyl (C=O) groups excluding carboxylic acids is 3. The Morgan fingerprint density at radius 1 is 1.33 bits per heavy atom. The van der Waals surface area contributed by atoms with Gasteiger partial charge in [-0.15, -0.1) is 0 Å². The third kappa shape index (κ3) is 4.87. The van der Waals surface area contributed by atoms with Gasteiger partial charge in [0.1, 0.15) is 21.8 Å². The molecule has 2 fully saturated rings. The summed E-state index contributed by atoms with van der Waals surface area (Å²) in [5.74, 6) is -0.962. The van der Waals surface area contributed by atoms with Crippen LogP contribution in [0.5, 0.6) is 0 Å². The van der Waals surface area contributed by atoms with Gasteiger partial charge in [-0.05, 0) is 45.4 Å². The van der Waals surface area contributed by atoms with E-state index < -0.39 is 17.6 Å². The Morgan fingerprint density at radius 2 is 2.08 bits per heavy atom. The van der Waals surface area contributed by atoms with E-state index in [-0.39, 0.29) is 42.3 Å². The highest BCUT2D eigenvalue weighted by molar-refractivity contribution is 8.26. The molecule has 0 radical (unpaired) electrons.